The Morgan fingerprint density at radius 3 is 2.95 bits per heavy atom. The largest absolute Gasteiger partial charge is 0.396 e. The first kappa shape index (κ1) is 14.9. The van der Waals surface area contributed by atoms with Gasteiger partial charge in [-0.3, -0.25) is 4.79 Å². The summed E-state index contributed by atoms with van der Waals surface area (Å²) in [5.41, 5.74) is 1.99. The number of carbonyl (C=O) groups excluding carboxylic acids is 1. The van der Waals surface area contributed by atoms with Crippen molar-refractivity contribution in [1.29, 1.82) is 0 Å². The first-order valence-electron chi connectivity index (χ1n) is 9.46. The molecule has 0 saturated heterocycles. The lowest BCUT2D eigenvalue weighted by Gasteiger charge is -2.56. The molecule has 0 aliphatic heterocycles. The molecule has 0 aromatic carbocycles. The van der Waals surface area contributed by atoms with E-state index in [1.807, 2.05) is 6.08 Å². The molecular weight excluding hydrogens is 272 g/mol. The van der Waals surface area contributed by atoms with Crippen LogP contribution in [-0.4, -0.2) is 17.5 Å². The van der Waals surface area contributed by atoms with Gasteiger partial charge in [-0.15, -0.1) is 0 Å². The average molecular weight is 302 g/mol. The summed E-state index contributed by atoms with van der Waals surface area (Å²) >= 11 is 0. The predicted molar refractivity (Wildman–Crippen MR) is 87.3 cm³/mol. The molecular formula is C20H30O2. The summed E-state index contributed by atoms with van der Waals surface area (Å²) in [5, 5.41) is 9.60. The summed E-state index contributed by atoms with van der Waals surface area (Å²) in [4.78, 5) is 11.8. The van der Waals surface area contributed by atoms with Crippen LogP contribution < -0.4 is 0 Å². The van der Waals surface area contributed by atoms with Gasteiger partial charge in [0.25, 0.3) is 0 Å². The van der Waals surface area contributed by atoms with E-state index in [1.165, 1.54) is 37.7 Å². The van der Waals surface area contributed by atoms with E-state index in [0.29, 0.717) is 29.6 Å². The number of carbonyl (C=O) groups is 1. The van der Waals surface area contributed by atoms with E-state index in [2.05, 4.69) is 6.92 Å². The molecule has 2 heteroatoms. The maximum Gasteiger partial charge on any atom is 0.155 e. The molecule has 0 bridgehead atoms. The molecule has 22 heavy (non-hydrogen) atoms. The van der Waals surface area contributed by atoms with Gasteiger partial charge in [0.2, 0.25) is 0 Å². The Morgan fingerprint density at radius 2 is 2.14 bits per heavy atom. The highest BCUT2D eigenvalue weighted by Gasteiger charge is 2.55. The van der Waals surface area contributed by atoms with Crippen molar-refractivity contribution in [2.45, 2.75) is 64.7 Å². The molecule has 0 spiro atoms. The minimum absolute atomic E-state index is 0.333. The fourth-order valence-corrected chi connectivity index (χ4v) is 6.98. The van der Waals surface area contributed by atoms with Crippen LogP contribution in [0.25, 0.3) is 0 Å². The van der Waals surface area contributed by atoms with Crippen molar-refractivity contribution in [3.05, 3.63) is 11.6 Å². The molecule has 3 fully saturated rings. The van der Waals surface area contributed by atoms with Crippen LogP contribution >= 0.6 is 0 Å². The Hall–Kier alpha value is -0.630. The molecule has 0 amide bonds. The number of aliphatic hydroxyl groups excluding tert-OH is 1. The Bertz CT molecular complexity index is 494. The smallest absolute Gasteiger partial charge is 0.155 e. The van der Waals surface area contributed by atoms with Crippen molar-refractivity contribution >= 4 is 5.78 Å². The number of allylic oxidation sites excluding steroid dienone is 1. The van der Waals surface area contributed by atoms with Gasteiger partial charge in [-0.2, -0.15) is 0 Å². The summed E-state index contributed by atoms with van der Waals surface area (Å²) < 4.78 is 0. The number of hydrogen-bond donors (Lipinski definition) is 1. The topological polar surface area (TPSA) is 37.3 Å². The number of aliphatic hydroxyl groups is 1. The molecule has 4 aliphatic carbocycles. The molecule has 1 N–H and O–H groups in total. The second-order valence-corrected chi connectivity index (χ2v) is 8.74. The minimum Gasteiger partial charge on any atom is -0.396 e. The predicted octanol–water partition coefficient (Wildman–Crippen LogP) is 4.13. The zero-order valence-corrected chi connectivity index (χ0v) is 13.9. The highest BCUT2D eigenvalue weighted by molar-refractivity contribution is 5.91. The molecule has 0 aromatic rings. The Morgan fingerprint density at radius 1 is 1.27 bits per heavy atom. The Kier molecular flexibility index (Phi) is 3.71. The standard InChI is InChI=1S/C20H30O2/c1-20-9-2-3-18(20)17-6-4-13-11-15(22)5-7-16(13)19(17)14(12-20)8-10-21/h11,14,16-19,21H,2-10,12H2,1H3/t14-,16-,17-,18-,19+,20-/m0/s1. The molecule has 122 valence electrons. The number of ketones is 1. The van der Waals surface area contributed by atoms with Gasteiger partial charge in [0, 0.05) is 13.0 Å². The monoisotopic (exact) mass is 302 g/mol. The normalized spacial score (nSPS) is 47.5. The van der Waals surface area contributed by atoms with E-state index in [1.54, 1.807) is 0 Å². The van der Waals surface area contributed by atoms with Crippen LogP contribution in [0.3, 0.4) is 0 Å². The van der Waals surface area contributed by atoms with Gasteiger partial charge in [0.15, 0.2) is 5.78 Å². The van der Waals surface area contributed by atoms with Crippen LogP contribution in [0.4, 0.5) is 0 Å². The quantitative estimate of drug-likeness (QED) is 0.833. The highest BCUT2D eigenvalue weighted by atomic mass is 16.3. The van der Waals surface area contributed by atoms with Gasteiger partial charge in [-0.05, 0) is 86.0 Å². The fourth-order valence-electron chi connectivity index (χ4n) is 6.98. The van der Waals surface area contributed by atoms with E-state index in [0.717, 1.165) is 43.4 Å². The maximum absolute atomic E-state index is 11.8. The van der Waals surface area contributed by atoms with Gasteiger partial charge in [-0.25, -0.2) is 0 Å². The zero-order chi connectivity index (χ0) is 15.3. The van der Waals surface area contributed by atoms with E-state index in [9.17, 15) is 9.90 Å². The van der Waals surface area contributed by atoms with Crippen LogP contribution in [0.1, 0.15) is 64.7 Å². The van der Waals surface area contributed by atoms with Crippen molar-refractivity contribution in [3.63, 3.8) is 0 Å². The maximum atomic E-state index is 11.8. The first-order chi connectivity index (χ1) is 10.6. The molecule has 4 aliphatic rings. The van der Waals surface area contributed by atoms with Crippen molar-refractivity contribution < 1.29 is 9.90 Å². The molecule has 0 radical (unpaired) electrons. The van der Waals surface area contributed by atoms with Crippen LogP contribution in [-0.2, 0) is 4.79 Å². The molecule has 4 rings (SSSR count). The third kappa shape index (κ3) is 2.21. The van der Waals surface area contributed by atoms with Gasteiger partial charge >= 0.3 is 0 Å². The second kappa shape index (κ2) is 5.47. The summed E-state index contributed by atoms with van der Waals surface area (Å²) in [6.07, 6.45) is 12.8. The number of rotatable bonds is 2. The average Bonchev–Trinajstić information content (AvgIpc) is 2.88. The van der Waals surface area contributed by atoms with Gasteiger partial charge in [-0.1, -0.05) is 18.9 Å². The van der Waals surface area contributed by atoms with Crippen LogP contribution in [0, 0.1) is 35.0 Å². The SMILES string of the molecule is C[C@@]12CCC[C@H]1[C@@H]1CCC3=CC(=O)CC[C@@H]3[C@H]1[C@@H](CCO)C2. The Labute approximate surface area is 134 Å². The summed E-state index contributed by atoms with van der Waals surface area (Å²) in [7, 11) is 0. The van der Waals surface area contributed by atoms with Gasteiger partial charge in [0.1, 0.15) is 0 Å². The van der Waals surface area contributed by atoms with Crippen molar-refractivity contribution in [1.82, 2.24) is 0 Å². The van der Waals surface area contributed by atoms with Crippen molar-refractivity contribution in [3.8, 4) is 0 Å². The molecule has 0 heterocycles. The fraction of sp³-hybridized carbons (Fsp3) is 0.850. The third-order valence-electron chi connectivity index (χ3n) is 7.70. The number of fused-ring (bicyclic) bond motifs is 5. The Balaban J connectivity index is 1.68. The number of hydrogen-bond acceptors (Lipinski definition) is 2. The van der Waals surface area contributed by atoms with E-state index >= 15 is 0 Å². The molecule has 3 saturated carbocycles. The summed E-state index contributed by atoms with van der Waals surface area (Å²) in [5.74, 6) is 4.19. The zero-order valence-electron chi connectivity index (χ0n) is 13.9. The molecule has 0 unspecified atom stereocenters. The first-order valence-corrected chi connectivity index (χ1v) is 9.46. The highest BCUT2D eigenvalue weighted by Crippen LogP contribution is 2.63. The summed E-state index contributed by atoms with van der Waals surface area (Å²) in [6.45, 7) is 2.86. The van der Waals surface area contributed by atoms with E-state index in [-0.39, 0.29) is 0 Å². The second-order valence-electron chi connectivity index (χ2n) is 8.74. The van der Waals surface area contributed by atoms with Crippen LogP contribution in [0.5, 0.6) is 0 Å². The van der Waals surface area contributed by atoms with Gasteiger partial charge in [0.05, 0.1) is 0 Å². The lowest BCUT2D eigenvalue weighted by Crippen LogP contribution is -2.49. The van der Waals surface area contributed by atoms with E-state index < -0.39 is 0 Å². The molecule has 2 nitrogen and oxygen atoms in total. The van der Waals surface area contributed by atoms with E-state index in [4.69, 9.17) is 0 Å². The third-order valence-corrected chi connectivity index (χ3v) is 7.70. The van der Waals surface area contributed by atoms with Gasteiger partial charge < -0.3 is 5.11 Å². The van der Waals surface area contributed by atoms with Crippen LogP contribution in [0.15, 0.2) is 11.6 Å². The lowest BCUT2D eigenvalue weighted by molar-refractivity contribution is -0.116. The lowest BCUT2D eigenvalue weighted by atomic mass is 9.49. The van der Waals surface area contributed by atoms with Crippen LogP contribution in [0.2, 0.25) is 0 Å². The van der Waals surface area contributed by atoms with Crippen molar-refractivity contribution in [2.75, 3.05) is 6.61 Å². The summed E-state index contributed by atoms with van der Waals surface area (Å²) in [6, 6.07) is 0. The molecule has 6 atom stereocenters. The van der Waals surface area contributed by atoms with Crippen molar-refractivity contribution in [2.24, 2.45) is 35.0 Å². The minimum atomic E-state index is 0.333. The molecule has 0 aromatic heterocycles.